The number of unbranched alkanes of at least 4 members (excludes halogenated alkanes) is 2. The Labute approximate surface area is 141 Å². The van der Waals surface area contributed by atoms with E-state index in [0.29, 0.717) is 0 Å². The summed E-state index contributed by atoms with van der Waals surface area (Å²) in [5.74, 6) is 1.46. The molecule has 0 saturated carbocycles. The molecule has 3 aromatic rings. The minimum Gasteiger partial charge on any atom is -0.209 e. The first-order valence-corrected chi connectivity index (χ1v) is 8.60. The van der Waals surface area contributed by atoms with Gasteiger partial charge < -0.3 is 0 Å². The quantitative estimate of drug-likeness (QED) is 0.636. The van der Waals surface area contributed by atoms with Crippen LogP contribution in [-0.2, 0) is 12.8 Å². The Kier molecular flexibility index (Phi) is 5.30. The van der Waals surface area contributed by atoms with Gasteiger partial charge in [-0.05, 0) is 37.8 Å². The molecule has 0 aromatic carbocycles. The third-order valence-corrected chi connectivity index (χ3v) is 3.84. The molecule has 0 bridgehead atoms. The van der Waals surface area contributed by atoms with Crippen molar-refractivity contribution in [2.75, 3.05) is 0 Å². The first-order valence-electron chi connectivity index (χ1n) is 8.60. The lowest BCUT2D eigenvalue weighted by molar-refractivity contribution is 0.738. The second-order valence-electron chi connectivity index (χ2n) is 5.87. The first kappa shape index (κ1) is 16.3. The fourth-order valence-corrected chi connectivity index (χ4v) is 2.43. The molecule has 0 N–H and O–H groups in total. The van der Waals surface area contributed by atoms with Crippen LogP contribution in [0.4, 0.5) is 0 Å². The van der Waals surface area contributed by atoms with Gasteiger partial charge in [-0.3, -0.25) is 0 Å². The van der Waals surface area contributed by atoms with E-state index in [9.17, 15) is 0 Å². The van der Waals surface area contributed by atoms with E-state index in [2.05, 4.69) is 39.5 Å². The van der Waals surface area contributed by atoms with Gasteiger partial charge >= 0.3 is 0 Å². The van der Waals surface area contributed by atoms with Crippen LogP contribution in [0.2, 0.25) is 0 Å². The number of aromatic nitrogens is 7. The highest BCUT2D eigenvalue weighted by Gasteiger charge is 2.07. The molecule has 0 radical (unpaired) electrons. The molecule has 0 spiro atoms. The number of pyridine rings is 1. The molecule has 3 rings (SSSR count). The molecular weight excluding hydrogens is 302 g/mol. The Morgan fingerprint density at radius 1 is 0.792 bits per heavy atom. The standard InChI is InChI=1S/C17H23N7/c1-3-5-8-14-12-23(21-19-14)16-10-7-11-17(18-16)24-13-15(20-22-24)9-6-4-2/h7,10-13H,3-6,8-9H2,1-2H3. The van der Waals surface area contributed by atoms with E-state index in [1.54, 1.807) is 9.36 Å². The summed E-state index contributed by atoms with van der Waals surface area (Å²) in [5.41, 5.74) is 1.98. The molecular formula is C17H23N7. The summed E-state index contributed by atoms with van der Waals surface area (Å²) in [4.78, 5) is 4.62. The highest BCUT2D eigenvalue weighted by molar-refractivity contribution is 5.30. The molecule has 24 heavy (non-hydrogen) atoms. The van der Waals surface area contributed by atoms with Gasteiger partial charge in [0.2, 0.25) is 0 Å². The van der Waals surface area contributed by atoms with E-state index in [1.807, 2.05) is 30.6 Å². The maximum atomic E-state index is 4.62. The lowest BCUT2D eigenvalue weighted by atomic mass is 10.2. The molecule has 0 aliphatic heterocycles. The molecule has 0 saturated heterocycles. The van der Waals surface area contributed by atoms with Crippen LogP contribution in [0.1, 0.15) is 50.9 Å². The van der Waals surface area contributed by atoms with Gasteiger partial charge in [0.25, 0.3) is 0 Å². The van der Waals surface area contributed by atoms with Crippen molar-refractivity contribution in [2.45, 2.75) is 52.4 Å². The van der Waals surface area contributed by atoms with E-state index in [-0.39, 0.29) is 0 Å². The number of aryl methyl sites for hydroxylation is 2. The Hall–Kier alpha value is -2.57. The van der Waals surface area contributed by atoms with Gasteiger partial charge in [-0.1, -0.05) is 43.2 Å². The molecule has 7 nitrogen and oxygen atoms in total. The summed E-state index contributed by atoms with van der Waals surface area (Å²) >= 11 is 0. The molecule has 7 heteroatoms. The van der Waals surface area contributed by atoms with Crippen molar-refractivity contribution in [1.82, 2.24) is 35.0 Å². The topological polar surface area (TPSA) is 74.3 Å². The Balaban J connectivity index is 1.78. The van der Waals surface area contributed by atoms with Crippen molar-refractivity contribution < 1.29 is 0 Å². The smallest absolute Gasteiger partial charge is 0.157 e. The molecule has 0 aliphatic rings. The zero-order chi connectivity index (χ0) is 16.8. The molecule has 3 aromatic heterocycles. The van der Waals surface area contributed by atoms with Crippen molar-refractivity contribution in [1.29, 1.82) is 0 Å². The van der Waals surface area contributed by atoms with Gasteiger partial charge in [0.1, 0.15) is 0 Å². The lowest BCUT2D eigenvalue weighted by Crippen LogP contribution is -2.04. The van der Waals surface area contributed by atoms with E-state index in [0.717, 1.165) is 61.5 Å². The van der Waals surface area contributed by atoms with Crippen molar-refractivity contribution in [3.05, 3.63) is 42.0 Å². The largest absolute Gasteiger partial charge is 0.209 e. The summed E-state index contributed by atoms with van der Waals surface area (Å²) in [6.45, 7) is 4.34. The molecule has 3 heterocycles. The number of rotatable bonds is 8. The van der Waals surface area contributed by atoms with Crippen LogP contribution < -0.4 is 0 Å². The fraction of sp³-hybridized carbons (Fsp3) is 0.471. The zero-order valence-electron chi connectivity index (χ0n) is 14.3. The van der Waals surface area contributed by atoms with Gasteiger partial charge in [-0.15, -0.1) is 10.2 Å². The van der Waals surface area contributed by atoms with Crippen LogP contribution in [0.3, 0.4) is 0 Å². The summed E-state index contributed by atoms with van der Waals surface area (Å²) in [5, 5.41) is 16.8. The molecule has 0 amide bonds. The minimum atomic E-state index is 0.730. The molecule has 0 fully saturated rings. The summed E-state index contributed by atoms with van der Waals surface area (Å²) in [7, 11) is 0. The van der Waals surface area contributed by atoms with Crippen LogP contribution in [0.25, 0.3) is 11.6 Å². The van der Waals surface area contributed by atoms with E-state index in [1.165, 1.54) is 0 Å². The van der Waals surface area contributed by atoms with Gasteiger partial charge in [0.05, 0.1) is 23.8 Å². The van der Waals surface area contributed by atoms with E-state index in [4.69, 9.17) is 0 Å². The summed E-state index contributed by atoms with van der Waals surface area (Å²) < 4.78 is 3.42. The second kappa shape index (κ2) is 7.81. The third-order valence-electron chi connectivity index (χ3n) is 3.84. The Bertz CT molecular complexity index is 713. The van der Waals surface area contributed by atoms with Crippen LogP contribution in [0.5, 0.6) is 0 Å². The average molecular weight is 325 g/mol. The predicted octanol–water partition coefficient (Wildman–Crippen LogP) is 2.93. The highest BCUT2D eigenvalue weighted by atomic mass is 15.5. The maximum Gasteiger partial charge on any atom is 0.157 e. The average Bonchev–Trinajstić information content (AvgIpc) is 3.28. The van der Waals surface area contributed by atoms with Crippen LogP contribution in [0, 0.1) is 0 Å². The summed E-state index contributed by atoms with van der Waals surface area (Å²) in [6, 6.07) is 5.77. The van der Waals surface area contributed by atoms with Gasteiger partial charge in [0, 0.05) is 0 Å². The van der Waals surface area contributed by atoms with Gasteiger partial charge in [0.15, 0.2) is 11.6 Å². The maximum absolute atomic E-state index is 4.62. The monoisotopic (exact) mass is 325 g/mol. The predicted molar refractivity (Wildman–Crippen MR) is 91.3 cm³/mol. The van der Waals surface area contributed by atoms with Crippen molar-refractivity contribution in [3.8, 4) is 11.6 Å². The van der Waals surface area contributed by atoms with Crippen LogP contribution >= 0.6 is 0 Å². The molecule has 0 atom stereocenters. The summed E-state index contributed by atoms with van der Waals surface area (Å²) in [6.07, 6.45) is 10.3. The zero-order valence-corrected chi connectivity index (χ0v) is 14.3. The normalized spacial score (nSPS) is 11.1. The number of nitrogens with zero attached hydrogens (tertiary/aromatic N) is 7. The highest BCUT2D eigenvalue weighted by Crippen LogP contribution is 2.10. The van der Waals surface area contributed by atoms with E-state index < -0.39 is 0 Å². The van der Waals surface area contributed by atoms with Gasteiger partial charge in [-0.2, -0.15) is 0 Å². The first-order chi connectivity index (χ1) is 11.8. The van der Waals surface area contributed by atoms with Crippen LogP contribution in [-0.4, -0.2) is 35.0 Å². The third kappa shape index (κ3) is 3.84. The SMILES string of the molecule is CCCCc1cn(-c2cccc(-n3cc(CCCC)nn3)n2)nn1. The Morgan fingerprint density at radius 2 is 1.29 bits per heavy atom. The molecule has 0 unspecified atom stereocenters. The molecule has 0 aliphatic carbocycles. The number of hydrogen-bond acceptors (Lipinski definition) is 5. The lowest BCUT2D eigenvalue weighted by Gasteiger charge is -2.02. The fourth-order valence-electron chi connectivity index (χ4n) is 2.43. The van der Waals surface area contributed by atoms with Crippen molar-refractivity contribution in [2.24, 2.45) is 0 Å². The van der Waals surface area contributed by atoms with Crippen LogP contribution in [0.15, 0.2) is 30.6 Å². The van der Waals surface area contributed by atoms with Crippen molar-refractivity contribution in [3.63, 3.8) is 0 Å². The molecule has 126 valence electrons. The van der Waals surface area contributed by atoms with Gasteiger partial charge in [-0.25, -0.2) is 14.3 Å². The van der Waals surface area contributed by atoms with Crippen molar-refractivity contribution >= 4 is 0 Å². The minimum absolute atomic E-state index is 0.730. The second-order valence-corrected chi connectivity index (χ2v) is 5.87. The number of hydrogen-bond donors (Lipinski definition) is 0. The van der Waals surface area contributed by atoms with E-state index >= 15 is 0 Å². The Morgan fingerprint density at radius 3 is 1.75 bits per heavy atom.